The lowest BCUT2D eigenvalue weighted by Gasteiger charge is -2.20. The first kappa shape index (κ1) is 12.8. The molecule has 0 aliphatic rings. The summed E-state index contributed by atoms with van der Waals surface area (Å²) in [5.41, 5.74) is 1.12. The van der Waals surface area contributed by atoms with Crippen molar-refractivity contribution in [2.45, 2.75) is 46.0 Å². The molecule has 0 amide bonds. The maximum Gasteiger partial charge on any atom is 0.144 e. The molecule has 0 saturated heterocycles. The maximum absolute atomic E-state index is 5.24. The number of rotatable bonds is 1. The zero-order valence-electron chi connectivity index (χ0n) is 9.81. The predicted octanol–water partition coefficient (Wildman–Crippen LogP) is 4.32. The van der Waals surface area contributed by atoms with Gasteiger partial charge in [0.2, 0.25) is 0 Å². The number of aromatic nitrogens is 2. The van der Waals surface area contributed by atoms with E-state index in [0.717, 1.165) is 16.0 Å². The Balaban J connectivity index is 3.43. The monoisotopic (exact) mass is 288 g/mol. The van der Waals surface area contributed by atoms with Crippen LogP contribution in [0.4, 0.5) is 0 Å². The van der Waals surface area contributed by atoms with Crippen molar-refractivity contribution in [2.24, 2.45) is 0 Å². The average Bonchev–Trinajstić information content (AvgIpc) is 2.06. The van der Waals surface area contributed by atoms with Crippen LogP contribution in [-0.2, 0) is 5.41 Å². The maximum atomic E-state index is 5.24. The normalized spacial score (nSPS) is 12.2. The number of halogens is 1. The Morgan fingerprint density at radius 2 is 1.87 bits per heavy atom. The summed E-state index contributed by atoms with van der Waals surface area (Å²) in [6.45, 7) is 10.6. The van der Waals surface area contributed by atoms with Crippen LogP contribution in [0.5, 0.6) is 0 Å². The van der Waals surface area contributed by atoms with Crippen molar-refractivity contribution in [2.75, 3.05) is 0 Å². The fourth-order valence-electron chi connectivity index (χ4n) is 1.23. The molecule has 0 unspecified atom stereocenters. The molecule has 1 N–H and O–H groups in total. The average molecular weight is 289 g/mol. The summed E-state index contributed by atoms with van der Waals surface area (Å²) >= 11 is 8.72. The number of nitrogens with zero attached hydrogens (tertiary/aromatic N) is 1. The number of hydrogen-bond acceptors (Lipinski definition) is 2. The van der Waals surface area contributed by atoms with Crippen LogP contribution in [0.1, 0.15) is 52.1 Å². The second-order valence-electron chi connectivity index (χ2n) is 5.02. The first-order chi connectivity index (χ1) is 6.73. The van der Waals surface area contributed by atoms with E-state index < -0.39 is 0 Å². The summed E-state index contributed by atoms with van der Waals surface area (Å²) in [4.78, 5) is 7.77. The van der Waals surface area contributed by atoms with Crippen molar-refractivity contribution >= 4 is 28.1 Å². The van der Waals surface area contributed by atoms with E-state index in [1.807, 2.05) is 0 Å². The van der Waals surface area contributed by atoms with E-state index in [9.17, 15) is 0 Å². The smallest absolute Gasteiger partial charge is 0.144 e. The molecule has 0 aliphatic carbocycles. The highest BCUT2D eigenvalue weighted by atomic mass is 79.9. The summed E-state index contributed by atoms with van der Waals surface area (Å²) in [6.07, 6.45) is 0. The molecule has 2 nitrogen and oxygen atoms in total. The Bertz CT molecular complexity index is 416. The Kier molecular flexibility index (Phi) is 3.71. The quantitative estimate of drug-likeness (QED) is 0.780. The van der Waals surface area contributed by atoms with Gasteiger partial charge >= 0.3 is 0 Å². The second-order valence-corrected chi connectivity index (χ2v) is 6.20. The minimum absolute atomic E-state index is 0.00208. The molecule has 0 atom stereocenters. The first-order valence-corrected chi connectivity index (χ1v) is 6.23. The topological polar surface area (TPSA) is 28.7 Å². The third-order valence-corrected chi connectivity index (χ3v) is 3.54. The van der Waals surface area contributed by atoms with Gasteiger partial charge in [-0.05, 0) is 21.8 Å². The van der Waals surface area contributed by atoms with Gasteiger partial charge in [0.1, 0.15) is 10.5 Å². The van der Waals surface area contributed by atoms with Crippen LogP contribution in [0.3, 0.4) is 0 Å². The van der Waals surface area contributed by atoms with E-state index in [4.69, 9.17) is 12.2 Å². The molecule has 1 rings (SSSR count). The van der Waals surface area contributed by atoms with Gasteiger partial charge in [-0.25, -0.2) is 4.98 Å². The molecule has 0 saturated carbocycles. The van der Waals surface area contributed by atoms with Gasteiger partial charge in [0.25, 0.3) is 0 Å². The van der Waals surface area contributed by atoms with E-state index >= 15 is 0 Å². The third-order valence-electron chi connectivity index (χ3n) is 2.18. The largest absolute Gasteiger partial charge is 0.345 e. The molecule has 1 heterocycles. The highest BCUT2D eigenvalue weighted by molar-refractivity contribution is 9.10. The molecule has 4 heteroatoms. The van der Waals surface area contributed by atoms with Crippen molar-refractivity contribution in [1.82, 2.24) is 9.97 Å². The second kappa shape index (κ2) is 4.34. The zero-order valence-corrected chi connectivity index (χ0v) is 12.2. The van der Waals surface area contributed by atoms with Crippen molar-refractivity contribution in [3.63, 3.8) is 0 Å². The van der Waals surface area contributed by atoms with E-state index in [2.05, 4.69) is 60.5 Å². The molecular formula is C11H17BrN2S. The van der Waals surface area contributed by atoms with Crippen LogP contribution < -0.4 is 0 Å². The number of aromatic amines is 1. The van der Waals surface area contributed by atoms with Gasteiger partial charge in [-0.2, -0.15) is 0 Å². The Morgan fingerprint density at radius 3 is 2.27 bits per heavy atom. The van der Waals surface area contributed by atoms with Gasteiger partial charge in [-0.1, -0.05) is 46.8 Å². The zero-order chi connectivity index (χ0) is 11.8. The van der Waals surface area contributed by atoms with Gasteiger partial charge < -0.3 is 4.98 Å². The van der Waals surface area contributed by atoms with Crippen molar-refractivity contribution < 1.29 is 0 Å². The van der Waals surface area contributed by atoms with Crippen LogP contribution >= 0.6 is 28.1 Å². The summed E-state index contributed by atoms with van der Waals surface area (Å²) < 4.78 is 1.56. The minimum Gasteiger partial charge on any atom is -0.345 e. The minimum atomic E-state index is -0.00208. The van der Waals surface area contributed by atoms with Gasteiger partial charge in [0, 0.05) is 11.1 Å². The standard InChI is InChI=1S/C11H17BrN2S/c1-6(2)8-7(12)9(15)14-10(13-8)11(3,4)5/h6H,1-5H3,(H,13,14,15). The van der Waals surface area contributed by atoms with E-state index in [1.165, 1.54) is 0 Å². The van der Waals surface area contributed by atoms with Crippen LogP contribution in [0.25, 0.3) is 0 Å². The fraction of sp³-hybridized carbons (Fsp3) is 0.636. The van der Waals surface area contributed by atoms with Crippen molar-refractivity contribution in [3.05, 3.63) is 20.6 Å². The summed E-state index contributed by atoms with van der Waals surface area (Å²) in [5, 5.41) is 0. The molecule has 0 spiro atoms. The number of nitrogens with one attached hydrogen (secondary N) is 1. The molecular weight excluding hydrogens is 272 g/mol. The summed E-state index contributed by atoms with van der Waals surface area (Å²) in [6, 6.07) is 0. The van der Waals surface area contributed by atoms with Gasteiger partial charge in [-0.3, -0.25) is 0 Å². The molecule has 84 valence electrons. The summed E-state index contributed by atoms with van der Waals surface area (Å²) in [7, 11) is 0. The summed E-state index contributed by atoms with van der Waals surface area (Å²) in [5.74, 6) is 1.35. The fourth-order valence-corrected chi connectivity index (χ4v) is 2.08. The molecule has 15 heavy (non-hydrogen) atoms. The van der Waals surface area contributed by atoms with Crippen LogP contribution in [0.2, 0.25) is 0 Å². The Labute approximate surface area is 105 Å². The Hall–Kier alpha value is -0.220. The van der Waals surface area contributed by atoms with Crippen LogP contribution in [0, 0.1) is 4.64 Å². The van der Waals surface area contributed by atoms with E-state index in [-0.39, 0.29) is 5.41 Å². The van der Waals surface area contributed by atoms with Crippen molar-refractivity contribution in [3.8, 4) is 0 Å². The van der Waals surface area contributed by atoms with E-state index in [1.54, 1.807) is 0 Å². The molecule has 0 aliphatic heterocycles. The van der Waals surface area contributed by atoms with E-state index in [0.29, 0.717) is 10.6 Å². The lowest BCUT2D eigenvalue weighted by molar-refractivity contribution is 0.536. The SMILES string of the molecule is CC(C)c1[nH]c(C(C)(C)C)nc(=S)c1Br. The number of H-pyrrole nitrogens is 1. The molecule has 0 radical (unpaired) electrons. The predicted molar refractivity (Wildman–Crippen MR) is 69.9 cm³/mol. The molecule has 0 bridgehead atoms. The lowest BCUT2D eigenvalue weighted by Crippen LogP contribution is -2.18. The van der Waals surface area contributed by atoms with Crippen LogP contribution in [-0.4, -0.2) is 9.97 Å². The molecule has 1 aromatic rings. The Morgan fingerprint density at radius 1 is 1.33 bits per heavy atom. The van der Waals surface area contributed by atoms with Gasteiger partial charge in [0.15, 0.2) is 0 Å². The van der Waals surface area contributed by atoms with Gasteiger partial charge in [-0.15, -0.1) is 0 Å². The first-order valence-electron chi connectivity index (χ1n) is 5.03. The highest BCUT2D eigenvalue weighted by Gasteiger charge is 2.19. The third kappa shape index (κ3) is 2.88. The van der Waals surface area contributed by atoms with Crippen molar-refractivity contribution in [1.29, 1.82) is 0 Å². The van der Waals surface area contributed by atoms with Gasteiger partial charge in [0.05, 0.1) is 4.47 Å². The molecule has 0 aromatic carbocycles. The molecule has 0 fully saturated rings. The highest BCUT2D eigenvalue weighted by Crippen LogP contribution is 2.26. The molecule has 1 aromatic heterocycles. The number of hydrogen-bond donors (Lipinski definition) is 1. The van der Waals surface area contributed by atoms with Crippen LogP contribution in [0.15, 0.2) is 4.47 Å². The lowest BCUT2D eigenvalue weighted by atomic mass is 9.95.